The van der Waals surface area contributed by atoms with E-state index in [0.29, 0.717) is 5.15 Å². The Morgan fingerprint density at radius 1 is 1.50 bits per heavy atom. The van der Waals surface area contributed by atoms with Crippen LogP contribution >= 0.6 is 11.6 Å². The largest absolute Gasteiger partial charge is 0.384 e. The van der Waals surface area contributed by atoms with E-state index in [1.54, 1.807) is 12.3 Å². The Morgan fingerprint density at radius 3 is 3.07 bits per heavy atom. The Kier molecular flexibility index (Phi) is 3.19. The summed E-state index contributed by atoms with van der Waals surface area (Å²) in [6, 6.07) is 1.80. The lowest BCUT2D eigenvalue weighted by Crippen LogP contribution is -2.02. The Balaban J connectivity index is 1.68. The quantitative estimate of drug-likeness (QED) is 0.762. The summed E-state index contributed by atoms with van der Waals surface area (Å²) in [6.45, 7) is 0.999. The van der Waals surface area contributed by atoms with Crippen LogP contribution in [0.4, 0.5) is 5.69 Å². The topological polar surface area (TPSA) is 37.8 Å². The zero-order valence-corrected chi connectivity index (χ0v) is 8.80. The van der Waals surface area contributed by atoms with Crippen molar-refractivity contribution in [1.29, 1.82) is 0 Å². The van der Waals surface area contributed by atoms with Crippen LogP contribution in [-0.4, -0.2) is 16.7 Å². The molecule has 0 aliphatic heterocycles. The lowest BCUT2D eigenvalue weighted by Gasteiger charge is -2.04. The maximum absolute atomic E-state index is 5.70. The van der Waals surface area contributed by atoms with E-state index in [2.05, 4.69) is 15.5 Å². The molecule has 1 N–H and O–H groups in total. The summed E-state index contributed by atoms with van der Waals surface area (Å²) in [5, 5.41) is 11.2. The lowest BCUT2D eigenvalue weighted by molar-refractivity contribution is 0.687. The van der Waals surface area contributed by atoms with Crippen LogP contribution in [0.3, 0.4) is 0 Å². The maximum Gasteiger partial charge on any atom is 0.153 e. The molecule has 2 rings (SSSR count). The molecule has 0 amide bonds. The third kappa shape index (κ3) is 3.14. The molecule has 1 heterocycles. The summed E-state index contributed by atoms with van der Waals surface area (Å²) in [5.41, 5.74) is 0.959. The molecule has 0 unspecified atom stereocenters. The van der Waals surface area contributed by atoms with E-state index < -0.39 is 0 Å². The maximum atomic E-state index is 5.70. The van der Waals surface area contributed by atoms with Crippen LogP contribution in [0.1, 0.15) is 25.7 Å². The van der Waals surface area contributed by atoms with Gasteiger partial charge in [-0.2, -0.15) is 5.10 Å². The van der Waals surface area contributed by atoms with Crippen LogP contribution < -0.4 is 5.32 Å². The van der Waals surface area contributed by atoms with Crippen LogP contribution in [0, 0.1) is 5.92 Å². The molecule has 1 aromatic rings. The Morgan fingerprint density at radius 2 is 2.36 bits per heavy atom. The van der Waals surface area contributed by atoms with E-state index >= 15 is 0 Å². The molecule has 14 heavy (non-hydrogen) atoms. The molecular weight excluding hydrogens is 198 g/mol. The summed E-state index contributed by atoms with van der Waals surface area (Å²) >= 11 is 5.70. The fraction of sp³-hybridized carbons (Fsp3) is 0.600. The highest BCUT2D eigenvalue weighted by Crippen LogP contribution is 2.33. The van der Waals surface area contributed by atoms with Gasteiger partial charge >= 0.3 is 0 Å². The monoisotopic (exact) mass is 211 g/mol. The van der Waals surface area contributed by atoms with Gasteiger partial charge in [0.1, 0.15) is 0 Å². The Bertz CT molecular complexity index is 299. The van der Waals surface area contributed by atoms with Gasteiger partial charge in [0.2, 0.25) is 0 Å². The zero-order valence-electron chi connectivity index (χ0n) is 8.04. The molecule has 1 aliphatic carbocycles. The van der Waals surface area contributed by atoms with Gasteiger partial charge in [0, 0.05) is 12.6 Å². The first-order chi connectivity index (χ1) is 6.84. The molecule has 0 spiro atoms. The first kappa shape index (κ1) is 9.71. The average Bonchev–Trinajstić information content (AvgIpc) is 2.96. The summed E-state index contributed by atoms with van der Waals surface area (Å²) in [6.07, 6.45) is 7.14. The Labute approximate surface area is 88.9 Å². The molecule has 0 atom stereocenters. The summed E-state index contributed by atoms with van der Waals surface area (Å²) in [7, 11) is 0. The van der Waals surface area contributed by atoms with Gasteiger partial charge in [0.15, 0.2) is 5.15 Å². The van der Waals surface area contributed by atoms with E-state index in [-0.39, 0.29) is 0 Å². The predicted molar refractivity (Wildman–Crippen MR) is 57.5 cm³/mol. The molecule has 0 radical (unpaired) electrons. The lowest BCUT2D eigenvalue weighted by atomic mass is 10.2. The normalized spacial score (nSPS) is 15.5. The third-order valence-corrected chi connectivity index (χ3v) is 2.62. The highest BCUT2D eigenvalue weighted by Gasteiger charge is 2.19. The van der Waals surface area contributed by atoms with Gasteiger partial charge in [0.05, 0.1) is 11.9 Å². The van der Waals surface area contributed by atoms with Crippen molar-refractivity contribution in [3.05, 3.63) is 17.4 Å². The summed E-state index contributed by atoms with van der Waals surface area (Å²) < 4.78 is 0. The minimum Gasteiger partial charge on any atom is -0.384 e. The van der Waals surface area contributed by atoms with E-state index in [0.717, 1.165) is 18.2 Å². The molecule has 76 valence electrons. The molecule has 0 aromatic carbocycles. The molecule has 1 saturated carbocycles. The van der Waals surface area contributed by atoms with Gasteiger partial charge < -0.3 is 5.32 Å². The second kappa shape index (κ2) is 4.60. The van der Waals surface area contributed by atoms with Gasteiger partial charge in [-0.05, 0) is 18.8 Å². The van der Waals surface area contributed by atoms with Crippen molar-refractivity contribution < 1.29 is 0 Å². The van der Waals surface area contributed by atoms with Crippen molar-refractivity contribution in [2.75, 3.05) is 11.9 Å². The van der Waals surface area contributed by atoms with Gasteiger partial charge in [0.25, 0.3) is 0 Å². The summed E-state index contributed by atoms with van der Waals surface area (Å²) in [4.78, 5) is 0. The SMILES string of the molecule is Clc1cc(NCCCC2CC2)cnn1. The van der Waals surface area contributed by atoms with Gasteiger partial charge in [-0.3, -0.25) is 0 Å². The predicted octanol–water partition coefficient (Wildman–Crippen LogP) is 2.73. The number of halogens is 1. The highest BCUT2D eigenvalue weighted by molar-refractivity contribution is 6.29. The first-order valence-electron chi connectivity index (χ1n) is 5.07. The van der Waals surface area contributed by atoms with Gasteiger partial charge in [-0.25, -0.2) is 0 Å². The third-order valence-electron chi connectivity index (χ3n) is 2.44. The number of rotatable bonds is 5. The molecule has 3 nitrogen and oxygen atoms in total. The first-order valence-corrected chi connectivity index (χ1v) is 5.44. The minimum atomic E-state index is 0.442. The number of nitrogens with zero attached hydrogens (tertiary/aromatic N) is 2. The Hall–Kier alpha value is -0.830. The van der Waals surface area contributed by atoms with Gasteiger partial charge in [-0.15, -0.1) is 5.10 Å². The van der Waals surface area contributed by atoms with Crippen LogP contribution in [-0.2, 0) is 0 Å². The molecular formula is C10H14ClN3. The molecule has 1 fully saturated rings. The molecule has 1 aromatic heterocycles. The van der Waals surface area contributed by atoms with Crippen molar-refractivity contribution in [2.45, 2.75) is 25.7 Å². The van der Waals surface area contributed by atoms with E-state index in [9.17, 15) is 0 Å². The number of nitrogens with one attached hydrogen (secondary N) is 1. The van der Waals surface area contributed by atoms with Crippen molar-refractivity contribution in [1.82, 2.24) is 10.2 Å². The van der Waals surface area contributed by atoms with Crippen molar-refractivity contribution in [2.24, 2.45) is 5.92 Å². The molecule has 1 aliphatic rings. The second-order valence-electron chi connectivity index (χ2n) is 3.78. The van der Waals surface area contributed by atoms with Crippen LogP contribution in [0.15, 0.2) is 12.3 Å². The van der Waals surface area contributed by atoms with Crippen LogP contribution in [0.25, 0.3) is 0 Å². The number of aromatic nitrogens is 2. The van der Waals surface area contributed by atoms with E-state index in [1.807, 2.05) is 0 Å². The molecule has 0 saturated heterocycles. The van der Waals surface area contributed by atoms with Crippen LogP contribution in [0.5, 0.6) is 0 Å². The van der Waals surface area contributed by atoms with E-state index in [4.69, 9.17) is 11.6 Å². The smallest absolute Gasteiger partial charge is 0.153 e. The number of hydrogen-bond acceptors (Lipinski definition) is 3. The minimum absolute atomic E-state index is 0.442. The fourth-order valence-corrected chi connectivity index (χ4v) is 1.63. The van der Waals surface area contributed by atoms with Gasteiger partial charge in [-0.1, -0.05) is 24.4 Å². The highest BCUT2D eigenvalue weighted by atomic mass is 35.5. The molecule has 0 bridgehead atoms. The average molecular weight is 212 g/mol. The van der Waals surface area contributed by atoms with Crippen molar-refractivity contribution in [3.63, 3.8) is 0 Å². The number of hydrogen-bond donors (Lipinski definition) is 1. The molecule has 4 heteroatoms. The van der Waals surface area contributed by atoms with Crippen LogP contribution in [0.2, 0.25) is 5.15 Å². The van der Waals surface area contributed by atoms with Crippen molar-refractivity contribution in [3.8, 4) is 0 Å². The zero-order chi connectivity index (χ0) is 9.80. The number of anilines is 1. The standard InChI is InChI=1S/C10H14ClN3/c11-10-6-9(7-13-14-10)12-5-1-2-8-3-4-8/h6-8H,1-5H2,(H,12,14). The van der Waals surface area contributed by atoms with E-state index in [1.165, 1.54) is 25.7 Å². The van der Waals surface area contributed by atoms with Crippen molar-refractivity contribution >= 4 is 17.3 Å². The summed E-state index contributed by atoms with van der Waals surface area (Å²) in [5.74, 6) is 1.01. The second-order valence-corrected chi connectivity index (χ2v) is 4.17. The fourth-order valence-electron chi connectivity index (χ4n) is 1.47.